The average Bonchev–Trinajstić information content (AvgIpc) is 3.25. The number of fused-ring (bicyclic) bond motifs is 1. The first kappa shape index (κ1) is 24.5. The van der Waals surface area contributed by atoms with Gasteiger partial charge in [-0.05, 0) is 94.4 Å². The summed E-state index contributed by atoms with van der Waals surface area (Å²) in [4.78, 5) is 39.3. The van der Waals surface area contributed by atoms with Crippen LogP contribution in [0.15, 0.2) is 33.2 Å². The monoisotopic (exact) mass is 481 g/mol. The van der Waals surface area contributed by atoms with E-state index in [1.54, 1.807) is 4.57 Å². The Morgan fingerprint density at radius 2 is 1.71 bits per heavy atom. The summed E-state index contributed by atoms with van der Waals surface area (Å²) in [6, 6.07) is 6.30. The van der Waals surface area contributed by atoms with E-state index in [1.165, 1.54) is 21.5 Å². The third-order valence-corrected chi connectivity index (χ3v) is 7.97. The van der Waals surface area contributed by atoms with E-state index in [2.05, 4.69) is 38.2 Å². The fourth-order valence-corrected chi connectivity index (χ4v) is 6.18. The third-order valence-electron chi connectivity index (χ3n) is 7.08. The Bertz CT molecular complexity index is 1300. The second-order valence-corrected chi connectivity index (χ2v) is 11.1. The Balaban J connectivity index is 1.62. The van der Waals surface area contributed by atoms with Crippen molar-refractivity contribution in [3.05, 3.63) is 66.7 Å². The van der Waals surface area contributed by atoms with Gasteiger partial charge in [0.2, 0.25) is 5.91 Å². The SMILES string of the molecule is Cc1cc(C)c(Cn2c(=O)n(CC3CCC(C(=O)NC(C)C)CC3)c(=O)c3sccc32)c(C)c1. The lowest BCUT2D eigenvalue weighted by Crippen LogP contribution is -2.42. The second kappa shape index (κ2) is 9.90. The van der Waals surface area contributed by atoms with E-state index < -0.39 is 0 Å². The minimum Gasteiger partial charge on any atom is -0.354 e. The maximum Gasteiger partial charge on any atom is 0.331 e. The molecule has 0 spiro atoms. The molecule has 1 N–H and O–H groups in total. The van der Waals surface area contributed by atoms with Gasteiger partial charge in [-0.3, -0.25) is 18.7 Å². The molecule has 1 aliphatic carbocycles. The first-order valence-corrected chi connectivity index (χ1v) is 13.1. The molecular weight excluding hydrogens is 446 g/mol. The first-order valence-electron chi connectivity index (χ1n) is 12.2. The van der Waals surface area contributed by atoms with Gasteiger partial charge in [-0.1, -0.05) is 17.7 Å². The van der Waals surface area contributed by atoms with Crippen molar-refractivity contribution in [3.8, 4) is 0 Å². The number of rotatable bonds is 6. The Labute approximate surface area is 204 Å². The molecule has 34 heavy (non-hydrogen) atoms. The largest absolute Gasteiger partial charge is 0.354 e. The van der Waals surface area contributed by atoms with Crippen molar-refractivity contribution in [2.75, 3.05) is 0 Å². The molecule has 7 heteroatoms. The van der Waals surface area contributed by atoms with Crippen LogP contribution in [0, 0.1) is 32.6 Å². The van der Waals surface area contributed by atoms with Gasteiger partial charge in [0, 0.05) is 18.5 Å². The van der Waals surface area contributed by atoms with Crippen LogP contribution < -0.4 is 16.6 Å². The molecule has 2 aromatic heterocycles. The van der Waals surface area contributed by atoms with Crippen LogP contribution in [0.1, 0.15) is 61.8 Å². The van der Waals surface area contributed by atoms with E-state index >= 15 is 0 Å². The van der Waals surface area contributed by atoms with Crippen molar-refractivity contribution in [1.82, 2.24) is 14.5 Å². The molecule has 0 saturated heterocycles. The molecule has 4 rings (SSSR count). The highest BCUT2D eigenvalue weighted by Gasteiger charge is 2.28. The van der Waals surface area contributed by atoms with Crippen LogP contribution in [0.25, 0.3) is 10.2 Å². The molecule has 2 heterocycles. The number of amides is 1. The summed E-state index contributed by atoms with van der Waals surface area (Å²) in [6.45, 7) is 11.0. The van der Waals surface area contributed by atoms with Gasteiger partial charge in [0.1, 0.15) is 4.70 Å². The fourth-order valence-electron chi connectivity index (χ4n) is 5.33. The summed E-state index contributed by atoms with van der Waals surface area (Å²) < 4.78 is 3.84. The van der Waals surface area contributed by atoms with Gasteiger partial charge in [0.15, 0.2) is 0 Å². The number of aromatic nitrogens is 2. The molecule has 1 saturated carbocycles. The van der Waals surface area contributed by atoms with Gasteiger partial charge in [0.25, 0.3) is 5.56 Å². The number of carbonyl (C=O) groups excluding carboxylic acids is 1. The molecule has 3 aromatic rings. The van der Waals surface area contributed by atoms with Crippen LogP contribution in [-0.4, -0.2) is 21.1 Å². The molecule has 0 radical (unpaired) electrons. The van der Waals surface area contributed by atoms with Crippen molar-refractivity contribution >= 4 is 27.5 Å². The van der Waals surface area contributed by atoms with Crippen LogP contribution in [0.5, 0.6) is 0 Å². The fraction of sp³-hybridized carbons (Fsp3) is 0.519. The number of thiophene rings is 1. The number of benzene rings is 1. The summed E-state index contributed by atoms with van der Waals surface area (Å²) in [7, 11) is 0. The second-order valence-electron chi connectivity index (χ2n) is 10.2. The highest BCUT2D eigenvalue weighted by molar-refractivity contribution is 7.17. The highest BCUT2D eigenvalue weighted by Crippen LogP contribution is 2.30. The van der Waals surface area contributed by atoms with Gasteiger partial charge in [0.05, 0.1) is 12.1 Å². The summed E-state index contributed by atoms with van der Waals surface area (Å²) in [5.74, 6) is 0.373. The van der Waals surface area contributed by atoms with Gasteiger partial charge < -0.3 is 5.32 Å². The van der Waals surface area contributed by atoms with Gasteiger partial charge in [-0.15, -0.1) is 11.3 Å². The van der Waals surface area contributed by atoms with Crippen LogP contribution in [-0.2, 0) is 17.9 Å². The molecule has 1 aromatic carbocycles. The van der Waals surface area contributed by atoms with Crippen LogP contribution in [0.3, 0.4) is 0 Å². The molecule has 6 nitrogen and oxygen atoms in total. The Hall–Kier alpha value is -2.67. The predicted octanol–water partition coefficient (Wildman–Crippen LogP) is 4.53. The Morgan fingerprint density at radius 1 is 1.06 bits per heavy atom. The lowest BCUT2D eigenvalue weighted by molar-refractivity contribution is -0.126. The molecule has 0 atom stereocenters. The lowest BCUT2D eigenvalue weighted by Gasteiger charge is -2.28. The van der Waals surface area contributed by atoms with Crippen LogP contribution in [0.2, 0.25) is 0 Å². The number of nitrogens with one attached hydrogen (secondary N) is 1. The number of aryl methyl sites for hydroxylation is 3. The van der Waals surface area contributed by atoms with Crippen molar-refractivity contribution in [2.45, 2.75) is 79.4 Å². The zero-order valence-electron chi connectivity index (χ0n) is 20.8. The molecule has 1 aliphatic rings. The van der Waals surface area contributed by atoms with Gasteiger partial charge in [-0.25, -0.2) is 4.79 Å². The quantitative estimate of drug-likeness (QED) is 0.562. The van der Waals surface area contributed by atoms with E-state index in [9.17, 15) is 14.4 Å². The third kappa shape index (κ3) is 4.90. The molecule has 1 fully saturated rings. The maximum atomic E-state index is 13.6. The van der Waals surface area contributed by atoms with Crippen molar-refractivity contribution in [1.29, 1.82) is 0 Å². The standard InChI is InChI=1S/C27H35N3O3S/c1-16(2)28-25(31)21-8-6-20(7-9-21)14-30-26(32)24-23(10-11-34-24)29(27(30)33)15-22-18(4)12-17(3)13-19(22)5/h10-13,16,20-21H,6-9,14-15H2,1-5H3,(H,28,31). The van der Waals surface area contributed by atoms with E-state index in [0.29, 0.717) is 23.3 Å². The zero-order chi connectivity index (χ0) is 24.6. The van der Waals surface area contributed by atoms with E-state index in [0.717, 1.165) is 42.4 Å². The predicted molar refractivity (Wildman–Crippen MR) is 139 cm³/mol. The summed E-state index contributed by atoms with van der Waals surface area (Å²) in [5, 5.41) is 4.90. The van der Waals surface area contributed by atoms with Gasteiger partial charge >= 0.3 is 5.69 Å². The minimum atomic E-state index is -0.241. The minimum absolute atomic E-state index is 0.0271. The summed E-state index contributed by atoms with van der Waals surface area (Å²) >= 11 is 1.40. The zero-order valence-corrected chi connectivity index (χ0v) is 21.6. The molecule has 0 bridgehead atoms. The average molecular weight is 482 g/mol. The number of hydrogen-bond acceptors (Lipinski definition) is 4. The molecule has 0 unspecified atom stereocenters. The van der Waals surface area contributed by atoms with Crippen molar-refractivity contribution in [2.24, 2.45) is 11.8 Å². The van der Waals surface area contributed by atoms with Crippen molar-refractivity contribution in [3.63, 3.8) is 0 Å². The lowest BCUT2D eigenvalue weighted by atomic mass is 9.81. The van der Waals surface area contributed by atoms with Crippen LogP contribution >= 0.6 is 11.3 Å². The van der Waals surface area contributed by atoms with Crippen LogP contribution in [0.4, 0.5) is 0 Å². The maximum absolute atomic E-state index is 13.6. The van der Waals surface area contributed by atoms with E-state index in [1.807, 2.05) is 25.3 Å². The molecular formula is C27H35N3O3S. The Morgan fingerprint density at radius 3 is 2.32 bits per heavy atom. The summed E-state index contributed by atoms with van der Waals surface area (Å²) in [6.07, 6.45) is 3.30. The number of carbonyl (C=O) groups is 1. The van der Waals surface area contributed by atoms with Crippen molar-refractivity contribution < 1.29 is 4.79 Å². The highest BCUT2D eigenvalue weighted by atomic mass is 32.1. The Kier molecular flexibility index (Phi) is 7.12. The number of hydrogen-bond donors (Lipinski definition) is 1. The van der Waals surface area contributed by atoms with E-state index in [4.69, 9.17) is 0 Å². The van der Waals surface area contributed by atoms with E-state index in [-0.39, 0.29) is 35.0 Å². The molecule has 1 amide bonds. The topological polar surface area (TPSA) is 73.1 Å². The molecule has 0 aliphatic heterocycles. The first-order chi connectivity index (χ1) is 16.2. The smallest absolute Gasteiger partial charge is 0.331 e. The molecule has 182 valence electrons. The van der Waals surface area contributed by atoms with Gasteiger partial charge in [-0.2, -0.15) is 0 Å². The number of nitrogens with zero attached hydrogens (tertiary/aromatic N) is 2. The summed E-state index contributed by atoms with van der Waals surface area (Å²) in [5.41, 5.74) is 4.92. The normalized spacial score (nSPS) is 18.5.